The summed E-state index contributed by atoms with van der Waals surface area (Å²) in [5, 5.41) is -1.47. The Morgan fingerprint density at radius 2 is 1.82 bits per heavy atom. The standard InChI is InChI=1S/C6H8Cl2O3/c1-3(7)6(10)11-4(2)5(8)9/h3-4H,1-2H3. The lowest BCUT2D eigenvalue weighted by atomic mass is 10.4. The van der Waals surface area contributed by atoms with Crippen LogP contribution in [0, 0.1) is 0 Å². The van der Waals surface area contributed by atoms with Gasteiger partial charge in [0.1, 0.15) is 5.38 Å². The molecule has 0 saturated carbocycles. The molecule has 0 aliphatic rings. The van der Waals surface area contributed by atoms with Crippen LogP contribution in [0.25, 0.3) is 0 Å². The highest BCUT2D eigenvalue weighted by Gasteiger charge is 2.18. The first-order valence-electron chi connectivity index (χ1n) is 2.99. The Morgan fingerprint density at radius 3 is 2.09 bits per heavy atom. The van der Waals surface area contributed by atoms with Crippen LogP contribution in [-0.4, -0.2) is 22.7 Å². The summed E-state index contributed by atoms with van der Waals surface area (Å²) in [5.41, 5.74) is 0. The number of ether oxygens (including phenoxy) is 1. The second-order valence-corrected chi connectivity index (χ2v) is 3.03. The van der Waals surface area contributed by atoms with Crippen molar-refractivity contribution in [3.8, 4) is 0 Å². The molecule has 2 atom stereocenters. The van der Waals surface area contributed by atoms with Crippen LogP contribution < -0.4 is 0 Å². The van der Waals surface area contributed by atoms with Crippen LogP contribution in [0.1, 0.15) is 13.8 Å². The molecule has 5 heteroatoms. The molecule has 11 heavy (non-hydrogen) atoms. The van der Waals surface area contributed by atoms with Crippen LogP contribution in [0.15, 0.2) is 0 Å². The predicted octanol–water partition coefficient (Wildman–Crippen LogP) is 1.31. The van der Waals surface area contributed by atoms with Crippen molar-refractivity contribution in [1.82, 2.24) is 0 Å². The van der Waals surface area contributed by atoms with Crippen molar-refractivity contribution in [1.29, 1.82) is 0 Å². The third-order valence-corrected chi connectivity index (χ3v) is 1.42. The predicted molar refractivity (Wildman–Crippen MR) is 41.7 cm³/mol. The first-order valence-corrected chi connectivity index (χ1v) is 3.80. The van der Waals surface area contributed by atoms with Crippen molar-refractivity contribution >= 4 is 34.4 Å². The van der Waals surface area contributed by atoms with Gasteiger partial charge >= 0.3 is 5.97 Å². The summed E-state index contributed by atoms with van der Waals surface area (Å²) >= 11 is 10.4. The third-order valence-electron chi connectivity index (χ3n) is 0.937. The molecule has 0 aliphatic heterocycles. The van der Waals surface area contributed by atoms with Gasteiger partial charge in [0.2, 0.25) is 0 Å². The molecule has 0 bridgehead atoms. The van der Waals surface area contributed by atoms with Gasteiger partial charge in [-0.3, -0.25) is 9.59 Å². The minimum absolute atomic E-state index is 0.645. The summed E-state index contributed by atoms with van der Waals surface area (Å²) in [6, 6.07) is 0. The number of esters is 1. The maximum Gasteiger partial charge on any atom is 0.324 e. The van der Waals surface area contributed by atoms with Gasteiger partial charge in [0, 0.05) is 0 Å². The monoisotopic (exact) mass is 198 g/mol. The van der Waals surface area contributed by atoms with Crippen molar-refractivity contribution in [3.63, 3.8) is 0 Å². The zero-order chi connectivity index (χ0) is 9.02. The van der Waals surface area contributed by atoms with E-state index < -0.39 is 22.7 Å². The molecule has 0 N–H and O–H groups in total. The van der Waals surface area contributed by atoms with E-state index in [4.69, 9.17) is 23.2 Å². The lowest BCUT2D eigenvalue weighted by Crippen LogP contribution is -2.24. The summed E-state index contributed by atoms with van der Waals surface area (Å²) < 4.78 is 4.52. The average Bonchev–Trinajstić information content (AvgIpc) is 1.87. The number of carbonyl (C=O) groups excluding carboxylic acids is 2. The van der Waals surface area contributed by atoms with Crippen LogP contribution in [0.5, 0.6) is 0 Å². The van der Waals surface area contributed by atoms with Crippen LogP contribution in [0.2, 0.25) is 0 Å². The Bertz CT molecular complexity index is 167. The van der Waals surface area contributed by atoms with E-state index in [1.807, 2.05) is 0 Å². The van der Waals surface area contributed by atoms with Gasteiger partial charge in [-0.25, -0.2) is 0 Å². The molecule has 0 saturated heterocycles. The van der Waals surface area contributed by atoms with Crippen LogP contribution in [-0.2, 0) is 14.3 Å². The topological polar surface area (TPSA) is 43.4 Å². The number of hydrogen-bond donors (Lipinski definition) is 0. The highest BCUT2D eigenvalue weighted by Crippen LogP contribution is 2.02. The van der Waals surface area contributed by atoms with E-state index in [9.17, 15) is 9.59 Å². The molecule has 64 valence electrons. The first kappa shape index (κ1) is 10.7. The van der Waals surface area contributed by atoms with Gasteiger partial charge in [0.25, 0.3) is 5.24 Å². The van der Waals surface area contributed by atoms with Crippen molar-refractivity contribution in [3.05, 3.63) is 0 Å². The van der Waals surface area contributed by atoms with E-state index in [1.54, 1.807) is 0 Å². The second-order valence-electron chi connectivity index (χ2n) is 2.00. The molecule has 3 nitrogen and oxygen atoms in total. The Morgan fingerprint density at radius 1 is 1.36 bits per heavy atom. The van der Waals surface area contributed by atoms with Gasteiger partial charge < -0.3 is 4.74 Å². The molecule has 0 aromatic rings. The fourth-order valence-corrected chi connectivity index (χ4v) is 0.410. The normalized spacial score (nSPS) is 15.3. The SMILES string of the molecule is CC(Cl)C(=O)OC(C)C(=O)Cl. The zero-order valence-electron chi connectivity index (χ0n) is 6.14. The summed E-state index contributed by atoms with van der Waals surface area (Å²) in [4.78, 5) is 21.0. The van der Waals surface area contributed by atoms with E-state index in [0.29, 0.717) is 0 Å². The first-order chi connectivity index (χ1) is 4.95. The number of halogens is 2. The molecular formula is C6H8Cl2O3. The number of carbonyl (C=O) groups is 2. The largest absolute Gasteiger partial charge is 0.452 e. The maximum absolute atomic E-state index is 10.7. The number of hydrogen-bond acceptors (Lipinski definition) is 3. The van der Waals surface area contributed by atoms with Gasteiger partial charge in [0.05, 0.1) is 0 Å². The average molecular weight is 199 g/mol. The molecule has 0 rings (SSSR count). The Balaban J connectivity index is 3.85. The van der Waals surface area contributed by atoms with Gasteiger partial charge in [-0.2, -0.15) is 0 Å². The van der Waals surface area contributed by atoms with Crippen molar-refractivity contribution < 1.29 is 14.3 Å². The van der Waals surface area contributed by atoms with Crippen molar-refractivity contribution in [2.75, 3.05) is 0 Å². The molecule has 0 heterocycles. The van der Waals surface area contributed by atoms with Crippen LogP contribution in [0.3, 0.4) is 0 Å². The third kappa shape index (κ3) is 4.22. The number of rotatable bonds is 3. The molecule has 0 aliphatic carbocycles. The van der Waals surface area contributed by atoms with E-state index in [1.165, 1.54) is 13.8 Å². The highest BCUT2D eigenvalue weighted by molar-refractivity contribution is 6.64. The van der Waals surface area contributed by atoms with E-state index in [2.05, 4.69) is 4.74 Å². The lowest BCUT2D eigenvalue weighted by molar-refractivity contribution is -0.151. The molecular weight excluding hydrogens is 191 g/mol. The Hall–Kier alpha value is -0.280. The van der Waals surface area contributed by atoms with E-state index >= 15 is 0 Å². The van der Waals surface area contributed by atoms with Crippen molar-refractivity contribution in [2.24, 2.45) is 0 Å². The Kier molecular flexibility index (Phi) is 4.45. The minimum Gasteiger partial charge on any atom is -0.452 e. The molecule has 0 spiro atoms. The molecule has 0 aromatic heterocycles. The highest BCUT2D eigenvalue weighted by atomic mass is 35.5. The molecule has 2 unspecified atom stereocenters. The molecule has 0 fully saturated rings. The van der Waals surface area contributed by atoms with Crippen LogP contribution in [0.4, 0.5) is 0 Å². The maximum atomic E-state index is 10.7. The second kappa shape index (κ2) is 4.57. The number of alkyl halides is 1. The smallest absolute Gasteiger partial charge is 0.324 e. The van der Waals surface area contributed by atoms with E-state index in [-0.39, 0.29) is 0 Å². The summed E-state index contributed by atoms with van der Waals surface area (Å²) in [7, 11) is 0. The fourth-order valence-electron chi connectivity index (χ4n) is 0.314. The Labute approximate surface area is 74.6 Å². The van der Waals surface area contributed by atoms with E-state index in [0.717, 1.165) is 0 Å². The fraction of sp³-hybridized carbons (Fsp3) is 0.667. The van der Waals surface area contributed by atoms with Gasteiger partial charge in [-0.15, -0.1) is 11.6 Å². The van der Waals surface area contributed by atoms with Crippen LogP contribution >= 0.6 is 23.2 Å². The summed E-state index contributed by atoms with van der Waals surface area (Å²) in [6.07, 6.45) is -0.926. The summed E-state index contributed by atoms with van der Waals surface area (Å²) in [6.45, 7) is 2.84. The lowest BCUT2D eigenvalue weighted by Gasteiger charge is -2.08. The molecule has 0 radical (unpaired) electrons. The quantitative estimate of drug-likeness (QED) is 0.391. The zero-order valence-corrected chi connectivity index (χ0v) is 7.65. The summed E-state index contributed by atoms with van der Waals surface area (Å²) in [5.74, 6) is -0.645. The van der Waals surface area contributed by atoms with Gasteiger partial charge in [-0.1, -0.05) is 0 Å². The molecule has 0 aromatic carbocycles. The van der Waals surface area contributed by atoms with Gasteiger partial charge in [-0.05, 0) is 25.4 Å². The van der Waals surface area contributed by atoms with Crippen molar-refractivity contribution in [2.45, 2.75) is 25.3 Å². The molecule has 0 amide bonds. The minimum atomic E-state index is -0.926. The van der Waals surface area contributed by atoms with Gasteiger partial charge in [0.15, 0.2) is 6.10 Å².